The molecule has 1 atom stereocenters. The first-order chi connectivity index (χ1) is 11.8. The fraction of sp³-hybridized carbons (Fsp3) is 0.474. The Morgan fingerprint density at radius 1 is 1.21 bits per heavy atom. The number of hydrogen-bond acceptors (Lipinski definition) is 5. The molecule has 4 rings (SSSR count). The van der Waals surface area contributed by atoms with Gasteiger partial charge in [0.05, 0.1) is 6.61 Å². The summed E-state index contributed by atoms with van der Waals surface area (Å²) in [5.41, 5.74) is 2.70. The number of piperidine rings is 1. The van der Waals surface area contributed by atoms with Crippen LogP contribution in [0.1, 0.15) is 36.9 Å². The van der Waals surface area contributed by atoms with Crippen molar-refractivity contribution in [1.29, 1.82) is 0 Å². The van der Waals surface area contributed by atoms with Crippen LogP contribution in [0.15, 0.2) is 36.7 Å². The van der Waals surface area contributed by atoms with Crippen LogP contribution >= 0.6 is 0 Å². The van der Waals surface area contributed by atoms with E-state index in [-0.39, 0.29) is 0 Å². The Morgan fingerprint density at radius 2 is 2.00 bits per heavy atom. The molecule has 1 unspecified atom stereocenters. The average molecular weight is 324 g/mol. The predicted molar refractivity (Wildman–Crippen MR) is 94.5 cm³/mol. The molecular formula is C19H24N4O. The van der Waals surface area contributed by atoms with Gasteiger partial charge >= 0.3 is 0 Å². The molecule has 5 heteroatoms. The molecule has 2 aliphatic heterocycles. The maximum atomic E-state index is 5.60. The standard InChI is InChI=1S/C19H24N4O/c1-14(15-3-4-18-16(13-15)7-12-24-18)22-17-5-10-23(11-6-17)19-20-8-2-9-21-19/h2-4,8-9,13-14,17,22H,5-7,10-12H2,1H3. The lowest BCUT2D eigenvalue weighted by Crippen LogP contribution is -2.43. The van der Waals surface area contributed by atoms with Crippen LogP contribution in [0.5, 0.6) is 5.75 Å². The van der Waals surface area contributed by atoms with Gasteiger partial charge in [-0.25, -0.2) is 9.97 Å². The second-order valence-electron chi connectivity index (χ2n) is 6.66. The zero-order valence-corrected chi connectivity index (χ0v) is 14.1. The van der Waals surface area contributed by atoms with Crippen LogP contribution in [0.2, 0.25) is 0 Å². The molecule has 0 aliphatic carbocycles. The minimum Gasteiger partial charge on any atom is -0.493 e. The summed E-state index contributed by atoms with van der Waals surface area (Å²) in [4.78, 5) is 11.0. The van der Waals surface area contributed by atoms with E-state index in [1.54, 1.807) is 0 Å². The van der Waals surface area contributed by atoms with Gasteiger partial charge in [-0.3, -0.25) is 0 Å². The molecule has 5 nitrogen and oxygen atoms in total. The van der Waals surface area contributed by atoms with Gasteiger partial charge in [0.25, 0.3) is 0 Å². The van der Waals surface area contributed by atoms with Crippen molar-refractivity contribution in [3.05, 3.63) is 47.8 Å². The van der Waals surface area contributed by atoms with Crippen molar-refractivity contribution in [3.63, 3.8) is 0 Å². The van der Waals surface area contributed by atoms with E-state index in [1.807, 2.05) is 18.5 Å². The number of fused-ring (bicyclic) bond motifs is 1. The topological polar surface area (TPSA) is 50.3 Å². The van der Waals surface area contributed by atoms with Gasteiger partial charge in [-0.05, 0) is 43.0 Å². The van der Waals surface area contributed by atoms with E-state index in [2.05, 4.69) is 45.3 Å². The van der Waals surface area contributed by atoms with Crippen LogP contribution in [-0.4, -0.2) is 35.7 Å². The molecular weight excluding hydrogens is 300 g/mol. The van der Waals surface area contributed by atoms with Crippen molar-refractivity contribution in [2.75, 3.05) is 24.6 Å². The van der Waals surface area contributed by atoms with Crippen molar-refractivity contribution in [2.24, 2.45) is 0 Å². The highest BCUT2D eigenvalue weighted by molar-refractivity contribution is 5.40. The summed E-state index contributed by atoms with van der Waals surface area (Å²) in [5, 5.41) is 3.79. The quantitative estimate of drug-likeness (QED) is 0.937. The van der Waals surface area contributed by atoms with Crippen molar-refractivity contribution in [2.45, 2.75) is 38.3 Å². The van der Waals surface area contributed by atoms with Gasteiger partial charge in [0.1, 0.15) is 5.75 Å². The molecule has 2 aliphatic rings. The van der Waals surface area contributed by atoms with E-state index < -0.39 is 0 Å². The van der Waals surface area contributed by atoms with Crippen LogP contribution in [0.3, 0.4) is 0 Å². The van der Waals surface area contributed by atoms with Crippen molar-refractivity contribution >= 4 is 5.95 Å². The zero-order valence-electron chi connectivity index (χ0n) is 14.1. The summed E-state index contributed by atoms with van der Waals surface area (Å²) in [7, 11) is 0. The van der Waals surface area contributed by atoms with Crippen LogP contribution in [0.4, 0.5) is 5.95 Å². The Hall–Kier alpha value is -2.14. The maximum absolute atomic E-state index is 5.60. The molecule has 1 N–H and O–H groups in total. The highest BCUT2D eigenvalue weighted by Crippen LogP contribution is 2.28. The molecule has 1 saturated heterocycles. The first-order valence-electron chi connectivity index (χ1n) is 8.83. The SMILES string of the molecule is CC(NC1CCN(c2ncccn2)CC1)c1ccc2c(c1)CCO2. The van der Waals surface area contributed by atoms with Crippen LogP contribution in [0, 0.1) is 0 Å². The van der Waals surface area contributed by atoms with Gasteiger partial charge in [-0.15, -0.1) is 0 Å². The molecule has 126 valence electrons. The van der Waals surface area contributed by atoms with E-state index in [0.717, 1.165) is 50.7 Å². The molecule has 3 heterocycles. The number of benzene rings is 1. The summed E-state index contributed by atoms with van der Waals surface area (Å²) < 4.78 is 5.60. The third-order valence-electron chi connectivity index (χ3n) is 5.03. The second kappa shape index (κ2) is 6.77. The fourth-order valence-corrected chi connectivity index (χ4v) is 3.63. The Balaban J connectivity index is 1.33. The smallest absolute Gasteiger partial charge is 0.225 e. The molecule has 1 fully saturated rings. The number of nitrogens with zero attached hydrogens (tertiary/aromatic N) is 3. The number of ether oxygens (including phenoxy) is 1. The maximum Gasteiger partial charge on any atom is 0.225 e. The third-order valence-corrected chi connectivity index (χ3v) is 5.03. The highest BCUT2D eigenvalue weighted by atomic mass is 16.5. The average Bonchev–Trinajstić information content (AvgIpc) is 3.11. The van der Waals surface area contributed by atoms with Gasteiger partial charge in [0.15, 0.2) is 0 Å². The number of aromatic nitrogens is 2. The largest absolute Gasteiger partial charge is 0.493 e. The van der Waals surface area contributed by atoms with Crippen molar-refractivity contribution < 1.29 is 4.74 Å². The number of hydrogen-bond donors (Lipinski definition) is 1. The third kappa shape index (κ3) is 3.22. The van der Waals surface area contributed by atoms with Crippen molar-refractivity contribution in [3.8, 4) is 5.75 Å². The van der Waals surface area contributed by atoms with Crippen LogP contribution < -0.4 is 15.0 Å². The van der Waals surface area contributed by atoms with Gasteiger partial charge in [-0.1, -0.05) is 12.1 Å². The molecule has 0 radical (unpaired) electrons. The molecule has 0 spiro atoms. The molecule has 0 saturated carbocycles. The summed E-state index contributed by atoms with van der Waals surface area (Å²) in [6.07, 6.45) is 6.90. The van der Waals surface area contributed by atoms with E-state index in [0.29, 0.717) is 12.1 Å². The Morgan fingerprint density at radius 3 is 2.79 bits per heavy atom. The highest BCUT2D eigenvalue weighted by Gasteiger charge is 2.23. The lowest BCUT2D eigenvalue weighted by Gasteiger charge is -2.34. The summed E-state index contributed by atoms with van der Waals surface area (Å²) >= 11 is 0. The second-order valence-corrected chi connectivity index (χ2v) is 6.66. The monoisotopic (exact) mass is 324 g/mol. The Bertz CT molecular complexity index is 683. The van der Waals surface area contributed by atoms with Gasteiger partial charge in [0.2, 0.25) is 5.95 Å². The van der Waals surface area contributed by atoms with E-state index in [1.165, 1.54) is 11.1 Å². The summed E-state index contributed by atoms with van der Waals surface area (Å²) in [5.74, 6) is 1.91. The van der Waals surface area contributed by atoms with Gasteiger partial charge < -0.3 is 15.0 Å². The summed E-state index contributed by atoms with van der Waals surface area (Å²) in [6, 6.07) is 9.37. The number of nitrogens with one attached hydrogen (secondary N) is 1. The molecule has 0 amide bonds. The predicted octanol–water partition coefficient (Wildman–Crippen LogP) is 2.73. The van der Waals surface area contributed by atoms with Crippen molar-refractivity contribution in [1.82, 2.24) is 15.3 Å². The Kier molecular flexibility index (Phi) is 4.34. The normalized spacial score (nSPS) is 19.0. The van der Waals surface area contributed by atoms with E-state index in [9.17, 15) is 0 Å². The number of rotatable bonds is 4. The van der Waals surface area contributed by atoms with Gasteiger partial charge in [-0.2, -0.15) is 0 Å². The van der Waals surface area contributed by atoms with Crippen LogP contribution in [0.25, 0.3) is 0 Å². The minimum absolute atomic E-state index is 0.362. The zero-order chi connectivity index (χ0) is 16.4. The van der Waals surface area contributed by atoms with Gasteiger partial charge in [0, 0.05) is 44.0 Å². The minimum atomic E-state index is 0.362. The molecule has 24 heavy (non-hydrogen) atoms. The number of anilines is 1. The lowest BCUT2D eigenvalue weighted by molar-refractivity contribution is 0.356. The molecule has 1 aromatic heterocycles. The molecule has 1 aromatic carbocycles. The first-order valence-corrected chi connectivity index (χ1v) is 8.83. The first kappa shape index (κ1) is 15.4. The van der Waals surface area contributed by atoms with E-state index in [4.69, 9.17) is 4.74 Å². The Labute approximate surface area is 143 Å². The summed E-state index contributed by atoms with van der Waals surface area (Å²) in [6.45, 7) is 5.09. The molecule has 2 aromatic rings. The van der Waals surface area contributed by atoms with Crippen LogP contribution in [-0.2, 0) is 6.42 Å². The fourth-order valence-electron chi connectivity index (χ4n) is 3.63. The van der Waals surface area contributed by atoms with E-state index >= 15 is 0 Å². The lowest BCUT2D eigenvalue weighted by atomic mass is 10.00. The molecule has 0 bridgehead atoms.